The van der Waals surface area contributed by atoms with E-state index in [0.29, 0.717) is 0 Å². The van der Waals surface area contributed by atoms with E-state index in [1.165, 1.54) is 6.92 Å². The number of piperidine rings is 1. The first kappa shape index (κ1) is 17.2. The second-order valence-corrected chi connectivity index (χ2v) is 7.28. The van der Waals surface area contributed by atoms with Crippen LogP contribution in [0.3, 0.4) is 0 Å². The minimum atomic E-state index is -4.48. The molecule has 1 saturated heterocycles. The molecule has 0 aliphatic carbocycles. The lowest BCUT2D eigenvalue weighted by Gasteiger charge is -2.23. The van der Waals surface area contributed by atoms with Crippen LogP contribution in [0.2, 0.25) is 0 Å². The number of halogens is 3. The average Bonchev–Trinajstić information content (AvgIpc) is 2.45. The molecule has 22 heavy (non-hydrogen) atoms. The van der Waals surface area contributed by atoms with Crippen LogP contribution in [0.4, 0.5) is 13.2 Å². The van der Waals surface area contributed by atoms with Crippen LogP contribution in [0.5, 0.6) is 0 Å². The number of benzene rings is 1. The highest BCUT2D eigenvalue weighted by Gasteiger charge is 2.31. The van der Waals surface area contributed by atoms with Crippen molar-refractivity contribution in [1.29, 1.82) is 0 Å². The summed E-state index contributed by atoms with van der Waals surface area (Å²) in [4.78, 5) is -0.107. The number of alkyl halides is 3. The Morgan fingerprint density at radius 1 is 1.36 bits per heavy atom. The number of rotatable bonds is 4. The number of aryl methyl sites for hydroxylation is 1. The van der Waals surface area contributed by atoms with E-state index in [4.69, 9.17) is 0 Å². The summed E-state index contributed by atoms with van der Waals surface area (Å²) >= 11 is 0. The monoisotopic (exact) mass is 336 g/mol. The largest absolute Gasteiger partial charge is 0.416 e. The fourth-order valence-electron chi connectivity index (χ4n) is 2.53. The number of hydrogen-bond donors (Lipinski definition) is 2. The lowest BCUT2D eigenvalue weighted by Crippen LogP contribution is -2.38. The van der Waals surface area contributed by atoms with E-state index < -0.39 is 21.8 Å². The lowest BCUT2D eigenvalue weighted by molar-refractivity contribution is -0.137. The van der Waals surface area contributed by atoms with Gasteiger partial charge in [0.05, 0.1) is 10.5 Å². The third-order valence-corrected chi connectivity index (χ3v) is 5.34. The zero-order valence-electron chi connectivity index (χ0n) is 12.2. The Morgan fingerprint density at radius 3 is 2.64 bits per heavy atom. The van der Waals surface area contributed by atoms with Gasteiger partial charge in [0.15, 0.2) is 0 Å². The third-order valence-electron chi connectivity index (χ3n) is 3.75. The van der Waals surface area contributed by atoms with Gasteiger partial charge < -0.3 is 5.32 Å². The van der Waals surface area contributed by atoms with Crippen LogP contribution in [0.15, 0.2) is 23.1 Å². The van der Waals surface area contributed by atoms with Gasteiger partial charge >= 0.3 is 6.18 Å². The molecule has 1 aliphatic rings. The van der Waals surface area contributed by atoms with Crippen molar-refractivity contribution < 1.29 is 21.6 Å². The highest BCUT2D eigenvalue weighted by Crippen LogP contribution is 2.31. The summed E-state index contributed by atoms with van der Waals surface area (Å²) < 4.78 is 64.8. The Morgan fingerprint density at radius 2 is 2.09 bits per heavy atom. The van der Waals surface area contributed by atoms with E-state index in [9.17, 15) is 21.6 Å². The van der Waals surface area contributed by atoms with Gasteiger partial charge in [-0.25, -0.2) is 13.1 Å². The van der Waals surface area contributed by atoms with Gasteiger partial charge in [-0.15, -0.1) is 0 Å². The number of hydrogen-bond acceptors (Lipinski definition) is 3. The molecule has 4 nitrogen and oxygen atoms in total. The molecule has 0 radical (unpaired) electrons. The summed E-state index contributed by atoms with van der Waals surface area (Å²) in [5.74, 6) is 0.207. The molecule has 8 heteroatoms. The zero-order valence-corrected chi connectivity index (χ0v) is 13.0. The van der Waals surface area contributed by atoms with Gasteiger partial charge in [-0.2, -0.15) is 13.2 Å². The Kier molecular flexibility index (Phi) is 5.14. The lowest BCUT2D eigenvalue weighted by atomic mass is 10.0. The van der Waals surface area contributed by atoms with Gasteiger partial charge in [0.25, 0.3) is 0 Å². The van der Waals surface area contributed by atoms with E-state index in [1.54, 1.807) is 0 Å². The third kappa shape index (κ3) is 4.21. The molecule has 1 heterocycles. The summed E-state index contributed by atoms with van der Waals surface area (Å²) in [7, 11) is -3.80. The van der Waals surface area contributed by atoms with Crippen molar-refractivity contribution in [3.8, 4) is 0 Å². The van der Waals surface area contributed by atoms with Gasteiger partial charge in [-0.1, -0.05) is 0 Å². The zero-order chi connectivity index (χ0) is 16.4. The Balaban J connectivity index is 2.11. The first-order valence-electron chi connectivity index (χ1n) is 7.08. The molecular formula is C14H19F3N2O2S. The van der Waals surface area contributed by atoms with Gasteiger partial charge in [0.1, 0.15) is 0 Å². The molecular weight excluding hydrogens is 317 g/mol. The van der Waals surface area contributed by atoms with Crippen molar-refractivity contribution in [2.45, 2.75) is 30.8 Å². The summed E-state index contributed by atoms with van der Waals surface area (Å²) in [6, 6.07) is 2.67. The van der Waals surface area contributed by atoms with Crippen LogP contribution < -0.4 is 10.0 Å². The molecule has 2 N–H and O–H groups in total. The van der Waals surface area contributed by atoms with Crippen molar-refractivity contribution in [2.75, 3.05) is 19.6 Å². The second kappa shape index (κ2) is 6.55. The first-order valence-corrected chi connectivity index (χ1v) is 8.57. The molecule has 1 aromatic carbocycles. The van der Waals surface area contributed by atoms with Gasteiger partial charge in [-0.3, -0.25) is 0 Å². The normalized spacial score (nSPS) is 20.1. The van der Waals surface area contributed by atoms with E-state index in [0.717, 1.165) is 44.1 Å². The Hall–Kier alpha value is -1.12. The molecule has 0 bridgehead atoms. The van der Waals surface area contributed by atoms with Gasteiger partial charge in [-0.05, 0) is 62.5 Å². The molecule has 1 aliphatic heterocycles. The summed E-state index contributed by atoms with van der Waals surface area (Å²) in [5, 5.41) is 3.19. The molecule has 2 rings (SSSR count). The molecule has 0 saturated carbocycles. The van der Waals surface area contributed by atoms with Crippen LogP contribution in [-0.2, 0) is 16.2 Å². The predicted octanol–water partition coefficient (Wildman–Crippen LogP) is 2.29. The molecule has 0 aromatic heterocycles. The topological polar surface area (TPSA) is 58.2 Å². The summed E-state index contributed by atoms with van der Waals surface area (Å²) in [6.07, 6.45) is -2.55. The smallest absolute Gasteiger partial charge is 0.316 e. The van der Waals surface area contributed by atoms with Crippen molar-refractivity contribution in [3.63, 3.8) is 0 Å². The highest BCUT2D eigenvalue weighted by atomic mass is 32.2. The van der Waals surface area contributed by atoms with Crippen molar-refractivity contribution in [2.24, 2.45) is 5.92 Å². The molecule has 0 amide bonds. The molecule has 1 atom stereocenters. The number of nitrogens with one attached hydrogen (secondary N) is 2. The molecule has 1 aromatic rings. The van der Waals surface area contributed by atoms with Crippen molar-refractivity contribution in [3.05, 3.63) is 29.3 Å². The maximum Gasteiger partial charge on any atom is 0.416 e. The molecule has 124 valence electrons. The summed E-state index contributed by atoms with van der Waals surface area (Å²) in [6.45, 7) is 3.33. The quantitative estimate of drug-likeness (QED) is 0.887. The molecule has 1 fully saturated rings. The SMILES string of the molecule is Cc1cc(C(F)(F)F)ccc1S(=O)(=O)NCC1CCCNC1. The van der Waals surface area contributed by atoms with Crippen LogP contribution >= 0.6 is 0 Å². The van der Waals surface area contributed by atoms with Gasteiger partial charge in [0, 0.05) is 6.54 Å². The Bertz CT molecular complexity index is 623. The van der Waals surface area contributed by atoms with Crippen LogP contribution in [0.25, 0.3) is 0 Å². The van der Waals surface area contributed by atoms with Crippen molar-refractivity contribution >= 4 is 10.0 Å². The van der Waals surface area contributed by atoms with Crippen LogP contribution in [0.1, 0.15) is 24.0 Å². The minimum absolute atomic E-state index is 0.0871. The van der Waals surface area contributed by atoms with E-state index >= 15 is 0 Å². The molecule has 0 spiro atoms. The first-order chi connectivity index (χ1) is 10.2. The minimum Gasteiger partial charge on any atom is -0.316 e. The Labute approximate surface area is 128 Å². The van der Waals surface area contributed by atoms with Gasteiger partial charge in [0.2, 0.25) is 10.0 Å². The van der Waals surface area contributed by atoms with Crippen LogP contribution in [0, 0.1) is 12.8 Å². The standard InChI is InChI=1S/C14H19F3N2O2S/c1-10-7-12(14(15,16)17)4-5-13(10)22(20,21)19-9-11-3-2-6-18-8-11/h4-5,7,11,18-19H,2-3,6,8-9H2,1H3. The van der Waals surface area contributed by atoms with Crippen LogP contribution in [-0.4, -0.2) is 28.1 Å². The second-order valence-electron chi connectivity index (χ2n) is 5.54. The number of sulfonamides is 1. The van der Waals surface area contributed by atoms with E-state index in [2.05, 4.69) is 10.0 Å². The maximum absolute atomic E-state index is 12.6. The average molecular weight is 336 g/mol. The molecule has 1 unspecified atom stereocenters. The predicted molar refractivity (Wildman–Crippen MR) is 77.0 cm³/mol. The summed E-state index contributed by atoms with van der Waals surface area (Å²) in [5.41, 5.74) is -0.760. The van der Waals surface area contributed by atoms with E-state index in [1.807, 2.05) is 0 Å². The highest BCUT2D eigenvalue weighted by molar-refractivity contribution is 7.89. The maximum atomic E-state index is 12.6. The fraction of sp³-hybridized carbons (Fsp3) is 0.571. The van der Waals surface area contributed by atoms with E-state index in [-0.39, 0.29) is 22.9 Å². The fourth-order valence-corrected chi connectivity index (χ4v) is 3.87. The van der Waals surface area contributed by atoms with Crippen molar-refractivity contribution in [1.82, 2.24) is 10.0 Å².